The van der Waals surface area contributed by atoms with Crippen LogP contribution in [0.1, 0.15) is 18.4 Å². The van der Waals surface area contributed by atoms with Gasteiger partial charge in [-0.25, -0.2) is 0 Å². The molecule has 1 aromatic rings. The molecule has 0 saturated carbocycles. The third-order valence-electron chi connectivity index (χ3n) is 2.41. The number of para-hydroxylation sites is 1. The Balaban J connectivity index is 2.14. The van der Waals surface area contributed by atoms with Gasteiger partial charge in [0, 0.05) is 0 Å². The highest BCUT2D eigenvalue weighted by Gasteiger charge is 2.44. The molecule has 0 aromatic heterocycles. The normalized spacial score (nSPS) is 16.4. The number of unbranched alkanes of at least 4 members (excludes halogenated alkanes) is 1. The smallest absolute Gasteiger partial charge is 0.395 e. The van der Waals surface area contributed by atoms with Gasteiger partial charge in [-0.15, -0.1) is 8.78 Å². The fraction of sp³-hybridized carbons (Fsp3) is 0.455. The summed E-state index contributed by atoms with van der Waals surface area (Å²) in [5.41, 5.74) is 6.11. The summed E-state index contributed by atoms with van der Waals surface area (Å²) in [6.07, 6.45) is -1.16. The first-order valence-electron chi connectivity index (χ1n) is 5.20. The van der Waals surface area contributed by atoms with Crippen LogP contribution in [0.4, 0.5) is 8.78 Å². The largest absolute Gasteiger partial charge is 0.586 e. The number of nitrogens with two attached hydrogens (primary N) is 1. The Bertz CT molecular complexity index is 382. The molecule has 1 aromatic carbocycles. The monoisotopic (exact) mass is 229 g/mol. The molecule has 0 bridgehead atoms. The van der Waals surface area contributed by atoms with Crippen molar-refractivity contribution in [2.45, 2.75) is 25.6 Å². The first-order valence-corrected chi connectivity index (χ1v) is 5.20. The molecular formula is C11H13F2NO2. The molecule has 1 heterocycles. The van der Waals surface area contributed by atoms with Crippen LogP contribution in [0.3, 0.4) is 0 Å². The third kappa shape index (κ3) is 2.24. The molecule has 0 fully saturated rings. The predicted octanol–water partition coefficient (Wildman–Crippen LogP) is 2.29. The number of fused-ring (bicyclic) bond motifs is 1. The number of benzene rings is 1. The SMILES string of the molecule is NCCCCc1cccc2c1OC(F)(F)O2. The van der Waals surface area contributed by atoms with Crippen molar-refractivity contribution in [3.8, 4) is 11.5 Å². The highest BCUT2D eigenvalue weighted by molar-refractivity contribution is 5.48. The lowest BCUT2D eigenvalue weighted by atomic mass is 10.1. The van der Waals surface area contributed by atoms with Crippen LogP contribution < -0.4 is 15.2 Å². The van der Waals surface area contributed by atoms with E-state index < -0.39 is 6.29 Å². The highest BCUT2D eigenvalue weighted by atomic mass is 19.3. The van der Waals surface area contributed by atoms with Crippen LogP contribution in [0.15, 0.2) is 18.2 Å². The summed E-state index contributed by atoms with van der Waals surface area (Å²) in [6.45, 7) is 0.600. The molecule has 0 spiro atoms. The molecule has 0 unspecified atom stereocenters. The van der Waals surface area contributed by atoms with Crippen molar-refractivity contribution in [2.75, 3.05) is 6.54 Å². The van der Waals surface area contributed by atoms with Gasteiger partial charge in [-0.2, -0.15) is 0 Å². The maximum absolute atomic E-state index is 12.8. The molecule has 5 heteroatoms. The quantitative estimate of drug-likeness (QED) is 0.805. The lowest BCUT2D eigenvalue weighted by molar-refractivity contribution is -0.286. The number of hydrogen-bond acceptors (Lipinski definition) is 3. The number of aryl methyl sites for hydroxylation is 1. The highest BCUT2D eigenvalue weighted by Crippen LogP contribution is 2.43. The average Bonchev–Trinajstić information content (AvgIpc) is 2.53. The van der Waals surface area contributed by atoms with Gasteiger partial charge in [0.05, 0.1) is 0 Å². The number of hydrogen-bond donors (Lipinski definition) is 1. The van der Waals surface area contributed by atoms with Crippen molar-refractivity contribution in [3.05, 3.63) is 23.8 Å². The van der Waals surface area contributed by atoms with E-state index in [0.29, 0.717) is 13.0 Å². The topological polar surface area (TPSA) is 44.5 Å². The molecule has 1 aliphatic heterocycles. The Labute approximate surface area is 92.1 Å². The second kappa shape index (κ2) is 4.25. The molecule has 88 valence electrons. The van der Waals surface area contributed by atoms with Gasteiger partial charge in [-0.3, -0.25) is 0 Å². The molecule has 16 heavy (non-hydrogen) atoms. The molecule has 2 rings (SSSR count). The summed E-state index contributed by atoms with van der Waals surface area (Å²) < 4.78 is 34.5. The van der Waals surface area contributed by atoms with Crippen LogP contribution in [0.2, 0.25) is 0 Å². The second-order valence-corrected chi connectivity index (χ2v) is 3.66. The summed E-state index contributed by atoms with van der Waals surface area (Å²) in [4.78, 5) is 0. The molecule has 3 nitrogen and oxygen atoms in total. The average molecular weight is 229 g/mol. The molecule has 2 N–H and O–H groups in total. The van der Waals surface area contributed by atoms with Crippen LogP contribution in [0.25, 0.3) is 0 Å². The van der Waals surface area contributed by atoms with Gasteiger partial charge in [0.2, 0.25) is 0 Å². The van der Waals surface area contributed by atoms with E-state index in [-0.39, 0.29) is 11.5 Å². The number of halogens is 2. The first kappa shape index (κ1) is 11.1. The maximum atomic E-state index is 12.8. The first-order chi connectivity index (χ1) is 7.62. The number of rotatable bonds is 4. The fourth-order valence-corrected chi connectivity index (χ4v) is 1.68. The van der Waals surface area contributed by atoms with Crippen molar-refractivity contribution in [1.82, 2.24) is 0 Å². The van der Waals surface area contributed by atoms with Gasteiger partial charge in [-0.05, 0) is 37.4 Å². The Morgan fingerprint density at radius 2 is 2.00 bits per heavy atom. The predicted molar refractivity (Wildman–Crippen MR) is 54.6 cm³/mol. The lowest BCUT2D eigenvalue weighted by Gasteiger charge is -2.06. The van der Waals surface area contributed by atoms with E-state index in [1.807, 2.05) is 0 Å². The van der Waals surface area contributed by atoms with Crippen molar-refractivity contribution in [1.29, 1.82) is 0 Å². The minimum absolute atomic E-state index is 0.107. The van der Waals surface area contributed by atoms with E-state index in [0.717, 1.165) is 18.4 Å². The number of ether oxygens (including phenoxy) is 2. The Kier molecular flexibility index (Phi) is 2.96. The molecular weight excluding hydrogens is 216 g/mol. The van der Waals surface area contributed by atoms with Crippen molar-refractivity contribution in [2.24, 2.45) is 5.73 Å². The Morgan fingerprint density at radius 3 is 2.75 bits per heavy atom. The van der Waals surface area contributed by atoms with Gasteiger partial charge in [0.1, 0.15) is 0 Å². The van der Waals surface area contributed by atoms with Crippen molar-refractivity contribution in [3.63, 3.8) is 0 Å². The second-order valence-electron chi connectivity index (χ2n) is 3.66. The van der Waals surface area contributed by atoms with Crippen LogP contribution in [-0.4, -0.2) is 12.8 Å². The van der Waals surface area contributed by atoms with E-state index in [9.17, 15) is 8.78 Å². The van der Waals surface area contributed by atoms with Gasteiger partial charge >= 0.3 is 6.29 Å². The van der Waals surface area contributed by atoms with E-state index >= 15 is 0 Å². The van der Waals surface area contributed by atoms with Crippen LogP contribution in [0.5, 0.6) is 11.5 Å². The van der Waals surface area contributed by atoms with Gasteiger partial charge in [-0.1, -0.05) is 12.1 Å². The van der Waals surface area contributed by atoms with Crippen molar-refractivity contribution < 1.29 is 18.3 Å². The zero-order valence-electron chi connectivity index (χ0n) is 8.71. The maximum Gasteiger partial charge on any atom is 0.586 e. The molecule has 0 atom stereocenters. The van der Waals surface area contributed by atoms with Gasteiger partial charge in [0.25, 0.3) is 0 Å². The molecule has 0 amide bonds. The Hall–Kier alpha value is -1.36. The molecule has 0 radical (unpaired) electrons. The van der Waals surface area contributed by atoms with Gasteiger partial charge in [0.15, 0.2) is 11.5 Å². The summed E-state index contributed by atoms with van der Waals surface area (Å²) in [6, 6.07) is 4.92. The van der Waals surface area contributed by atoms with Gasteiger partial charge < -0.3 is 15.2 Å². The summed E-state index contributed by atoms with van der Waals surface area (Å²) >= 11 is 0. The van der Waals surface area contributed by atoms with Crippen LogP contribution >= 0.6 is 0 Å². The standard InChI is InChI=1S/C11H13F2NO2/c12-11(13)15-9-6-3-5-8(10(9)16-11)4-1-2-7-14/h3,5-6H,1-2,4,7,14H2. The summed E-state index contributed by atoms with van der Waals surface area (Å²) in [5.74, 6) is 0.264. The van der Waals surface area contributed by atoms with Crippen LogP contribution in [0, 0.1) is 0 Å². The fourth-order valence-electron chi connectivity index (χ4n) is 1.68. The van der Waals surface area contributed by atoms with Crippen LogP contribution in [-0.2, 0) is 6.42 Å². The Morgan fingerprint density at radius 1 is 1.19 bits per heavy atom. The number of alkyl halides is 2. The lowest BCUT2D eigenvalue weighted by Crippen LogP contribution is -2.26. The summed E-state index contributed by atoms with van der Waals surface area (Å²) in [5, 5.41) is 0. The molecule has 1 aliphatic rings. The minimum Gasteiger partial charge on any atom is -0.395 e. The minimum atomic E-state index is -3.54. The van der Waals surface area contributed by atoms with E-state index in [1.165, 1.54) is 6.07 Å². The van der Waals surface area contributed by atoms with E-state index in [1.54, 1.807) is 12.1 Å². The molecule has 0 aliphatic carbocycles. The third-order valence-corrected chi connectivity index (χ3v) is 2.41. The van der Waals surface area contributed by atoms with Crippen molar-refractivity contribution >= 4 is 0 Å². The summed E-state index contributed by atoms with van der Waals surface area (Å²) in [7, 11) is 0. The molecule has 0 saturated heterocycles. The van der Waals surface area contributed by atoms with E-state index in [2.05, 4.69) is 9.47 Å². The van der Waals surface area contributed by atoms with E-state index in [4.69, 9.17) is 5.73 Å². The zero-order valence-corrected chi connectivity index (χ0v) is 8.71. The zero-order chi connectivity index (χ0) is 11.6.